The first-order valence-corrected chi connectivity index (χ1v) is 9.04. The van der Waals surface area contributed by atoms with Crippen LogP contribution in [0.4, 0.5) is 5.69 Å². The van der Waals surface area contributed by atoms with Gasteiger partial charge in [0.15, 0.2) is 0 Å². The molecule has 0 radical (unpaired) electrons. The Kier molecular flexibility index (Phi) is 6.86. The standard InChI is InChI=1S/C21H24N2O5/c1-25-15-19(21(24)26-2)18-6-4-3-5-16(18)14-28-20-8-7-17(13-22-20)23-9-11-27-12-10-23/h3-8,13,15H,9-12,14H2,1-2H3/b19-15-. The van der Waals surface area contributed by atoms with Crippen LogP contribution in [0.5, 0.6) is 5.88 Å². The maximum Gasteiger partial charge on any atom is 0.341 e. The van der Waals surface area contributed by atoms with E-state index in [2.05, 4.69) is 9.88 Å². The summed E-state index contributed by atoms with van der Waals surface area (Å²) in [4.78, 5) is 18.7. The smallest absolute Gasteiger partial charge is 0.341 e. The molecule has 0 unspecified atom stereocenters. The number of pyridine rings is 1. The van der Waals surface area contributed by atoms with Crippen molar-refractivity contribution in [1.82, 2.24) is 4.98 Å². The predicted molar refractivity (Wildman–Crippen MR) is 105 cm³/mol. The highest BCUT2D eigenvalue weighted by molar-refractivity contribution is 6.16. The van der Waals surface area contributed by atoms with E-state index in [-0.39, 0.29) is 6.61 Å². The van der Waals surface area contributed by atoms with Gasteiger partial charge in [-0.25, -0.2) is 9.78 Å². The van der Waals surface area contributed by atoms with Gasteiger partial charge in [-0.1, -0.05) is 24.3 Å². The maximum atomic E-state index is 12.1. The fourth-order valence-corrected chi connectivity index (χ4v) is 2.98. The highest BCUT2D eigenvalue weighted by Crippen LogP contribution is 2.23. The molecule has 0 bridgehead atoms. The summed E-state index contributed by atoms with van der Waals surface area (Å²) in [5.74, 6) is 0.0458. The molecule has 1 fully saturated rings. The molecule has 0 amide bonds. The van der Waals surface area contributed by atoms with Crippen molar-refractivity contribution < 1.29 is 23.7 Å². The number of methoxy groups -OCH3 is 2. The Morgan fingerprint density at radius 3 is 2.64 bits per heavy atom. The molecular weight excluding hydrogens is 360 g/mol. The second-order valence-electron chi connectivity index (χ2n) is 6.16. The molecule has 2 aromatic rings. The lowest BCUT2D eigenvalue weighted by atomic mass is 10.0. The number of hydrogen-bond acceptors (Lipinski definition) is 7. The topological polar surface area (TPSA) is 70.1 Å². The van der Waals surface area contributed by atoms with E-state index in [9.17, 15) is 4.79 Å². The quantitative estimate of drug-likeness (QED) is 0.413. The van der Waals surface area contributed by atoms with Crippen LogP contribution in [0.3, 0.4) is 0 Å². The first-order chi connectivity index (χ1) is 13.7. The van der Waals surface area contributed by atoms with Gasteiger partial charge in [-0.3, -0.25) is 0 Å². The average molecular weight is 384 g/mol. The third kappa shape index (κ3) is 4.80. The summed E-state index contributed by atoms with van der Waals surface area (Å²) < 4.78 is 21.1. The van der Waals surface area contributed by atoms with Crippen molar-refractivity contribution in [3.8, 4) is 5.88 Å². The first kappa shape index (κ1) is 19.7. The minimum atomic E-state index is -0.470. The fourth-order valence-electron chi connectivity index (χ4n) is 2.98. The number of carbonyl (C=O) groups excluding carboxylic acids is 1. The van der Waals surface area contributed by atoms with Crippen LogP contribution in [0.1, 0.15) is 11.1 Å². The summed E-state index contributed by atoms with van der Waals surface area (Å²) in [6.07, 6.45) is 3.18. The third-order valence-corrected chi connectivity index (χ3v) is 4.42. The van der Waals surface area contributed by atoms with E-state index >= 15 is 0 Å². The highest BCUT2D eigenvalue weighted by Gasteiger charge is 2.17. The van der Waals surface area contributed by atoms with Crippen LogP contribution in [-0.4, -0.2) is 51.5 Å². The van der Waals surface area contributed by atoms with Crippen molar-refractivity contribution in [1.29, 1.82) is 0 Å². The van der Waals surface area contributed by atoms with E-state index in [0.717, 1.165) is 37.6 Å². The molecule has 1 aromatic heterocycles. The second-order valence-corrected chi connectivity index (χ2v) is 6.16. The number of esters is 1. The molecule has 0 saturated carbocycles. The maximum absolute atomic E-state index is 12.1. The molecule has 28 heavy (non-hydrogen) atoms. The minimum Gasteiger partial charge on any atom is -0.503 e. The van der Waals surface area contributed by atoms with Crippen molar-refractivity contribution in [2.24, 2.45) is 0 Å². The van der Waals surface area contributed by atoms with Gasteiger partial charge in [0, 0.05) is 19.2 Å². The Morgan fingerprint density at radius 1 is 1.18 bits per heavy atom. The summed E-state index contributed by atoms with van der Waals surface area (Å²) in [5, 5.41) is 0. The average Bonchev–Trinajstić information content (AvgIpc) is 2.77. The zero-order valence-electron chi connectivity index (χ0n) is 16.1. The highest BCUT2D eigenvalue weighted by atomic mass is 16.5. The monoisotopic (exact) mass is 384 g/mol. The molecule has 2 heterocycles. The van der Waals surface area contributed by atoms with E-state index in [1.165, 1.54) is 20.5 Å². The summed E-state index contributed by atoms with van der Waals surface area (Å²) >= 11 is 0. The van der Waals surface area contributed by atoms with Crippen LogP contribution < -0.4 is 9.64 Å². The summed E-state index contributed by atoms with van der Waals surface area (Å²) in [6, 6.07) is 11.3. The van der Waals surface area contributed by atoms with Crippen molar-refractivity contribution in [3.63, 3.8) is 0 Å². The number of carbonyl (C=O) groups is 1. The van der Waals surface area contributed by atoms with Gasteiger partial charge in [-0.2, -0.15) is 0 Å². The Balaban J connectivity index is 1.71. The van der Waals surface area contributed by atoms with E-state index in [1.54, 1.807) is 6.20 Å². The summed E-state index contributed by atoms with van der Waals surface area (Å²) in [7, 11) is 2.83. The minimum absolute atomic E-state index is 0.262. The molecule has 1 aliphatic heterocycles. The SMILES string of the molecule is CO/C=C(\C(=O)OC)c1ccccc1COc1ccc(N2CCOCC2)cn1. The summed E-state index contributed by atoms with van der Waals surface area (Å²) in [5.41, 5.74) is 2.91. The van der Waals surface area contributed by atoms with Crippen LogP contribution in [0.15, 0.2) is 48.9 Å². The number of hydrogen-bond donors (Lipinski definition) is 0. The van der Waals surface area contributed by atoms with Crippen molar-refractivity contribution in [2.75, 3.05) is 45.4 Å². The number of morpholine rings is 1. The van der Waals surface area contributed by atoms with Crippen LogP contribution in [0.2, 0.25) is 0 Å². The largest absolute Gasteiger partial charge is 0.503 e. The molecule has 0 aliphatic carbocycles. The Hall–Kier alpha value is -3.06. The number of aromatic nitrogens is 1. The number of rotatable bonds is 7. The van der Waals surface area contributed by atoms with Crippen molar-refractivity contribution in [2.45, 2.75) is 6.61 Å². The Bertz CT molecular complexity index is 814. The zero-order chi connectivity index (χ0) is 19.8. The summed E-state index contributed by atoms with van der Waals surface area (Å²) in [6.45, 7) is 3.44. The van der Waals surface area contributed by atoms with E-state index in [1.807, 2.05) is 36.4 Å². The number of nitrogens with zero attached hydrogens (tertiary/aromatic N) is 2. The molecule has 3 rings (SSSR count). The van der Waals surface area contributed by atoms with Crippen molar-refractivity contribution in [3.05, 3.63) is 60.0 Å². The number of benzene rings is 1. The van der Waals surface area contributed by atoms with Crippen molar-refractivity contribution >= 4 is 17.2 Å². The molecule has 148 valence electrons. The van der Waals surface area contributed by atoms with Gasteiger partial charge in [0.2, 0.25) is 5.88 Å². The molecule has 0 N–H and O–H groups in total. The lowest BCUT2D eigenvalue weighted by molar-refractivity contribution is -0.133. The van der Waals surface area contributed by atoms with Gasteiger partial charge in [0.1, 0.15) is 12.2 Å². The van der Waals surface area contributed by atoms with E-state index in [4.69, 9.17) is 18.9 Å². The molecule has 7 nitrogen and oxygen atoms in total. The molecule has 0 atom stereocenters. The molecule has 1 aromatic carbocycles. The Labute approximate surface area is 164 Å². The molecular formula is C21H24N2O5. The normalized spacial score (nSPS) is 14.5. The molecule has 0 spiro atoms. The second kappa shape index (κ2) is 9.75. The predicted octanol–water partition coefficient (Wildman–Crippen LogP) is 2.66. The van der Waals surface area contributed by atoms with Gasteiger partial charge >= 0.3 is 5.97 Å². The molecule has 1 aliphatic rings. The van der Waals surface area contributed by atoms with Gasteiger partial charge in [0.05, 0.1) is 45.6 Å². The lowest BCUT2D eigenvalue weighted by Crippen LogP contribution is -2.36. The van der Waals surface area contributed by atoms with Gasteiger partial charge in [0.25, 0.3) is 0 Å². The fraction of sp³-hybridized carbons (Fsp3) is 0.333. The number of ether oxygens (including phenoxy) is 4. The van der Waals surface area contributed by atoms with Crippen LogP contribution in [0.25, 0.3) is 5.57 Å². The van der Waals surface area contributed by atoms with E-state index in [0.29, 0.717) is 17.0 Å². The first-order valence-electron chi connectivity index (χ1n) is 9.04. The lowest BCUT2D eigenvalue weighted by Gasteiger charge is -2.28. The van der Waals surface area contributed by atoms with Crippen LogP contribution in [0, 0.1) is 0 Å². The molecule has 7 heteroatoms. The third-order valence-electron chi connectivity index (χ3n) is 4.42. The number of anilines is 1. The van der Waals surface area contributed by atoms with Gasteiger partial charge in [-0.15, -0.1) is 0 Å². The molecule has 1 saturated heterocycles. The van der Waals surface area contributed by atoms with Gasteiger partial charge < -0.3 is 23.8 Å². The zero-order valence-corrected chi connectivity index (χ0v) is 16.1. The van der Waals surface area contributed by atoms with Gasteiger partial charge in [-0.05, 0) is 17.2 Å². The van der Waals surface area contributed by atoms with E-state index < -0.39 is 5.97 Å². The van der Waals surface area contributed by atoms with Crippen LogP contribution in [-0.2, 0) is 25.6 Å². The Morgan fingerprint density at radius 2 is 1.96 bits per heavy atom. The van der Waals surface area contributed by atoms with Crippen LogP contribution >= 0.6 is 0 Å².